The maximum atomic E-state index is 13.8. The Bertz CT molecular complexity index is 1430. The number of halogens is 9. The zero-order valence-corrected chi connectivity index (χ0v) is 21.2. The number of alkyl halides is 9. The van der Waals surface area contributed by atoms with Crippen molar-refractivity contribution in [2.45, 2.75) is 63.7 Å². The molecule has 0 N–H and O–H groups in total. The Labute approximate surface area is 235 Å². The third-order valence-corrected chi connectivity index (χ3v) is 6.15. The minimum atomic E-state index is -5.30. The van der Waals surface area contributed by atoms with E-state index in [2.05, 4.69) is 4.74 Å². The second-order valence-corrected chi connectivity index (χ2v) is 8.76. The molecule has 0 aliphatic carbocycles. The van der Waals surface area contributed by atoms with Gasteiger partial charge in [0, 0.05) is 19.4 Å². The predicted molar refractivity (Wildman–Crippen MR) is 127 cm³/mol. The van der Waals surface area contributed by atoms with Gasteiger partial charge in [-0.3, -0.25) is 9.80 Å². The summed E-state index contributed by atoms with van der Waals surface area (Å²) in [6.07, 6.45) is -22.9. The van der Waals surface area contributed by atoms with Crippen LogP contribution < -0.4 is 4.90 Å². The largest absolute Gasteiger partial charge is 0.453 e. The predicted octanol–water partition coefficient (Wildman–Crippen LogP) is 8.20. The highest BCUT2D eigenvalue weighted by Crippen LogP contribution is 2.45. The van der Waals surface area contributed by atoms with Gasteiger partial charge in [-0.1, -0.05) is 6.85 Å². The fraction of sp³-hybridized carbons (Fsp3) is 0.462. The topological polar surface area (TPSA) is 59.1 Å². The molecule has 0 radical (unpaired) electrons. The Morgan fingerprint density at radius 3 is 2.05 bits per heavy atom. The number of hydrogen-bond acceptors (Lipinski definition) is 4. The molecule has 2 atom stereocenters. The van der Waals surface area contributed by atoms with Crippen molar-refractivity contribution in [1.29, 1.82) is 0 Å². The van der Waals surface area contributed by atoms with E-state index in [9.17, 15) is 49.1 Å². The number of rotatable bonds is 5. The summed E-state index contributed by atoms with van der Waals surface area (Å²) in [6, 6.07) is -2.05. The van der Waals surface area contributed by atoms with E-state index in [0.29, 0.717) is 28.0 Å². The van der Waals surface area contributed by atoms with Crippen molar-refractivity contribution in [2.75, 3.05) is 18.6 Å². The first-order valence-electron chi connectivity index (χ1n) is 14.1. The summed E-state index contributed by atoms with van der Waals surface area (Å²) in [5, 5.41) is 0. The molecule has 226 valence electrons. The molecule has 0 saturated carbocycles. The summed E-state index contributed by atoms with van der Waals surface area (Å²) in [6.45, 7) is -3.68. The number of benzene rings is 2. The molecule has 2 aromatic rings. The van der Waals surface area contributed by atoms with Crippen molar-refractivity contribution in [3.05, 3.63) is 64.2 Å². The number of ether oxygens (including phenoxy) is 2. The fourth-order valence-corrected chi connectivity index (χ4v) is 4.39. The molecule has 3 rings (SSSR count). The number of anilines is 1. The number of amides is 2. The van der Waals surface area contributed by atoms with Crippen LogP contribution in [0.25, 0.3) is 0 Å². The molecular formula is C26H25F9N2O4. The lowest BCUT2D eigenvalue weighted by Gasteiger charge is -2.43. The molecule has 2 aromatic carbocycles. The highest BCUT2D eigenvalue weighted by atomic mass is 19.4. The van der Waals surface area contributed by atoms with Crippen LogP contribution in [0.1, 0.15) is 67.3 Å². The van der Waals surface area contributed by atoms with E-state index in [-0.39, 0.29) is 24.8 Å². The summed E-state index contributed by atoms with van der Waals surface area (Å²) >= 11 is 0. The molecule has 0 saturated heterocycles. The Balaban J connectivity index is 2.36. The van der Waals surface area contributed by atoms with E-state index in [1.807, 2.05) is 0 Å². The van der Waals surface area contributed by atoms with E-state index < -0.39 is 102 Å². The van der Waals surface area contributed by atoms with Crippen LogP contribution in [0.2, 0.25) is 0 Å². The van der Waals surface area contributed by atoms with Gasteiger partial charge in [-0.05, 0) is 67.2 Å². The zero-order valence-electron chi connectivity index (χ0n) is 26.2. The molecule has 0 bridgehead atoms. The van der Waals surface area contributed by atoms with Crippen LogP contribution in [0.4, 0.5) is 54.8 Å². The zero-order chi connectivity index (χ0) is 35.2. The van der Waals surface area contributed by atoms with Gasteiger partial charge >= 0.3 is 30.7 Å². The molecule has 6 nitrogen and oxygen atoms in total. The van der Waals surface area contributed by atoms with Crippen LogP contribution in [0.3, 0.4) is 0 Å². The molecule has 0 aromatic heterocycles. The number of fused-ring (bicyclic) bond motifs is 1. The lowest BCUT2D eigenvalue weighted by atomic mass is 9.87. The lowest BCUT2D eigenvalue weighted by molar-refractivity contribution is -0.143. The van der Waals surface area contributed by atoms with Gasteiger partial charge in [0.25, 0.3) is 0 Å². The van der Waals surface area contributed by atoms with Gasteiger partial charge in [0.05, 0.1) is 42.1 Å². The van der Waals surface area contributed by atoms with Gasteiger partial charge in [-0.2, -0.15) is 39.5 Å². The maximum Gasteiger partial charge on any atom is 0.416 e. The normalized spacial score (nSPS) is 20.1. The minimum Gasteiger partial charge on any atom is -0.453 e. The van der Waals surface area contributed by atoms with Crippen LogP contribution in [-0.2, 0) is 34.5 Å². The number of hydrogen-bond donors (Lipinski definition) is 0. The van der Waals surface area contributed by atoms with Gasteiger partial charge in [-0.15, -0.1) is 0 Å². The van der Waals surface area contributed by atoms with Crippen LogP contribution in [0, 0.1) is 0 Å². The monoisotopic (exact) mass is 605 g/mol. The third-order valence-electron chi connectivity index (χ3n) is 6.15. The van der Waals surface area contributed by atoms with Crippen LogP contribution in [0.5, 0.6) is 0 Å². The molecule has 1 heterocycles. The highest BCUT2D eigenvalue weighted by molar-refractivity contribution is 5.90. The Morgan fingerprint density at radius 2 is 1.56 bits per heavy atom. The average molecular weight is 606 g/mol. The Hall–Kier alpha value is -3.65. The summed E-state index contributed by atoms with van der Waals surface area (Å²) in [5.74, 6) is 0. The second-order valence-electron chi connectivity index (χ2n) is 8.76. The van der Waals surface area contributed by atoms with Gasteiger partial charge in [-0.25, -0.2) is 9.59 Å². The van der Waals surface area contributed by atoms with Crippen molar-refractivity contribution in [1.82, 2.24) is 4.90 Å². The van der Waals surface area contributed by atoms with Crippen molar-refractivity contribution >= 4 is 17.9 Å². The molecule has 41 heavy (non-hydrogen) atoms. The smallest absolute Gasteiger partial charge is 0.416 e. The van der Waals surface area contributed by atoms with Gasteiger partial charge in [0.15, 0.2) is 0 Å². The standard InChI is InChI=1S/C26H25F9N2O4/c1-4-18-12-21(19-11-15(24(27,28)29)6-7-20(19)37(18)23(39)41-5-2)36(22(38)40-3)13-14-8-16(25(30,31)32)10-17(9-14)26(33,34)35/h6-11,18,21H,4-5,12-13H2,1-3H3/t18-,21-/m0/s1/i1D3,4D2. The third kappa shape index (κ3) is 6.99. The SMILES string of the molecule is [2H]C([2H])([2H])C([2H])([2H])[C@H]1C[C@H](N(Cc2cc(C(F)(F)F)cc(C(F)(F)F)c2)C(=O)OC)c2cc(C(F)(F)F)ccc2N1C(=O)OCC. The van der Waals surface area contributed by atoms with Crippen molar-refractivity contribution < 1.29 is 65.4 Å². The number of carbonyl (C=O) groups is 2. The first kappa shape index (κ1) is 25.1. The Kier molecular flexibility index (Phi) is 7.15. The maximum absolute atomic E-state index is 13.8. The van der Waals surface area contributed by atoms with Gasteiger partial charge in [0.2, 0.25) is 0 Å². The van der Waals surface area contributed by atoms with E-state index in [1.54, 1.807) is 0 Å². The number of carbonyl (C=O) groups excluding carboxylic acids is 2. The molecule has 0 fully saturated rings. The second kappa shape index (κ2) is 11.7. The van der Waals surface area contributed by atoms with Gasteiger partial charge < -0.3 is 9.47 Å². The summed E-state index contributed by atoms with van der Waals surface area (Å²) in [7, 11) is 0.753. The average Bonchev–Trinajstić information content (AvgIpc) is 2.92. The van der Waals surface area contributed by atoms with Crippen molar-refractivity contribution in [2.24, 2.45) is 0 Å². The van der Waals surface area contributed by atoms with Crippen LogP contribution in [-0.4, -0.2) is 36.8 Å². The quantitative estimate of drug-likeness (QED) is 0.323. The molecule has 2 amide bonds. The summed E-state index contributed by atoms with van der Waals surface area (Å²) in [4.78, 5) is 27.0. The first-order valence-corrected chi connectivity index (χ1v) is 11.6. The highest BCUT2D eigenvalue weighted by Gasteiger charge is 2.43. The minimum absolute atomic E-state index is 0.185. The van der Waals surface area contributed by atoms with E-state index >= 15 is 0 Å². The number of nitrogens with zero attached hydrogens (tertiary/aromatic N) is 2. The fourth-order valence-electron chi connectivity index (χ4n) is 4.39. The van der Waals surface area contributed by atoms with E-state index in [1.165, 1.54) is 6.92 Å². The Morgan fingerprint density at radius 1 is 0.976 bits per heavy atom. The molecule has 0 spiro atoms. The number of methoxy groups -OCH3 is 1. The molecule has 0 unspecified atom stereocenters. The summed E-state index contributed by atoms with van der Waals surface area (Å²) in [5.41, 5.74) is -6.83. The summed E-state index contributed by atoms with van der Waals surface area (Å²) < 4.78 is 172. The van der Waals surface area contributed by atoms with Crippen LogP contribution in [0.15, 0.2) is 36.4 Å². The molecule has 1 aliphatic rings. The molecule has 15 heteroatoms. The molecule has 1 aliphatic heterocycles. The van der Waals surface area contributed by atoms with Crippen molar-refractivity contribution in [3.63, 3.8) is 0 Å². The molecular weight excluding hydrogens is 575 g/mol. The van der Waals surface area contributed by atoms with E-state index in [0.717, 1.165) is 7.11 Å². The van der Waals surface area contributed by atoms with Gasteiger partial charge in [0.1, 0.15) is 0 Å². The van der Waals surface area contributed by atoms with E-state index in [4.69, 9.17) is 11.6 Å². The first-order chi connectivity index (χ1) is 20.8. The van der Waals surface area contributed by atoms with Crippen molar-refractivity contribution in [3.8, 4) is 0 Å². The lowest BCUT2D eigenvalue weighted by Crippen LogP contribution is -2.48. The van der Waals surface area contributed by atoms with Crippen LogP contribution >= 0.6 is 0 Å².